The SMILES string of the molecule is CCCS(=O)(=O)c1ccc(OC2CNCCC2C)cc1. The highest BCUT2D eigenvalue weighted by Crippen LogP contribution is 2.22. The molecular formula is C15H23NO3S. The van der Waals surface area contributed by atoms with Crippen LogP contribution in [0.1, 0.15) is 26.7 Å². The highest BCUT2D eigenvalue weighted by molar-refractivity contribution is 7.91. The van der Waals surface area contributed by atoms with E-state index in [1.54, 1.807) is 24.3 Å². The summed E-state index contributed by atoms with van der Waals surface area (Å²) in [6.45, 7) is 5.93. The smallest absolute Gasteiger partial charge is 0.178 e. The van der Waals surface area contributed by atoms with Crippen molar-refractivity contribution >= 4 is 9.84 Å². The van der Waals surface area contributed by atoms with Gasteiger partial charge in [-0.15, -0.1) is 0 Å². The third kappa shape index (κ3) is 3.73. The second-order valence-corrected chi connectivity index (χ2v) is 7.53. The summed E-state index contributed by atoms with van der Waals surface area (Å²) >= 11 is 0. The van der Waals surface area contributed by atoms with E-state index in [0.29, 0.717) is 17.2 Å². The van der Waals surface area contributed by atoms with Gasteiger partial charge in [-0.25, -0.2) is 8.42 Å². The number of rotatable bonds is 5. The van der Waals surface area contributed by atoms with Crippen LogP contribution in [0.5, 0.6) is 5.75 Å². The number of hydrogen-bond acceptors (Lipinski definition) is 4. The molecular weight excluding hydrogens is 274 g/mol. The van der Waals surface area contributed by atoms with Gasteiger partial charge in [-0.2, -0.15) is 0 Å². The third-order valence-electron chi connectivity index (χ3n) is 3.70. The Kier molecular flexibility index (Phi) is 5.05. The van der Waals surface area contributed by atoms with Crippen molar-refractivity contribution in [1.82, 2.24) is 5.32 Å². The zero-order chi connectivity index (χ0) is 14.6. The van der Waals surface area contributed by atoms with Crippen LogP contribution in [-0.4, -0.2) is 33.4 Å². The molecule has 1 N–H and O–H groups in total. The molecule has 0 amide bonds. The number of ether oxygens (including phenoxy) is 1. The molecule has 0 aromatic heterocycles. The molecule has 0 saturated carbocycles. The first-order valence-electron chi connectivity index (χ1n) is 7.23. The lowest BCUT2D eigenvalue weighted by atomic mass is 9.97. The summed E-state index contributed by atoms with van der Waals surface area (Å²) < 4.78 is 29.8. The fourth-order valence-corrected chi connectivity index (χ4v) is 3.73. The molecule has 1 aromatic rings. The summed E-state index contributed by atoms with van der Waals surface area (Å²) in [5, 5.41) is 3.32. The van der Waals surface area contributed by atoms with Gasteiger partial charge in [0.2, 0.25) is 0 Å². The average molecular weight is 297 g/mol. The summed E-state index contributed by atoms with van der Waals surface area (Å²) in [6, 6.07) is 6.79. The first-order valence-corrected chi connectivity index (χ1v) is 8.88. The van der Waals surface area contributed by atoms with Gasteiger partial charge >= 0.3 is 0 Å². The van der Waals surface area contributed by atoms with Crippen molar-refractivity contribution in [2.24, 2.45) is 5.92 Å². The molecule has 0 bridgehead atoms. The fourth-order valence-electron chi connectivity index (χ4n) is 2.41. The highest BCUT2D eigenvalue weighted by atomic mass is 32.2. The molecule has 112 valence electrons. The minimum absolute atomic E-state index is 0.154. The van der Waals surface area contributed by atoms with Crippen LogP contribution >= 0.6 is 0 Å². The van der Waals surface area contributed by atoms with Crippen LogP contribution in [-0.2, 0) is 9.84 Å². The van der Waals surface area contributed by atoms with Crippen LogP contribution < -0.4 is 10.1 Å². The third-order valence-corrected chi connectivity index (χ3v) is 5.64. The van der Waals surface area contributed by atoms with E-state index in [2.05, 4.69) is 12.2 Å². The van der Waals surface area contributed by atoms with Crippen molar-refractivity contribution < 1.29 is 13.2 Å². The number of benzene rings is 1. The van der Waals surface area contributed by atoms with Crippen molar-refractivity contribution in [2.45, 2.75) is 37.7 Å². The van der Waals surface area contributed by atoms with Crippen molar-refractivity contribution in [3.8, 4) is 5.75 Å². The molecule has 2 rings (SSSR count). The van der Waals surface area contributed by atoms with E-state index in [-0.39, 0.29) is 11.9 Å². The Morgan fingerprint density at radius 2 is 2.00 bits per heavy atom. The molecule has 5 heteroatoms. The lowest BCUT2D eigenvalue weighted by molar-refractivity contribution is 0.115. The molecule has 1 aliphatic heterocycles. The second-order valence-electron chi connectivity index (χ2n) is 5.42. The molecule has 0 aliphatic carbocycles. The predicted molar refractivity (Wildman–Crippen MR) is 79.9 cm³/mol. The fraction of sp³-hybridized carbons (Fsp3) is 0.600. The van der Waals surface area contributed by atoms with E-state index >= 15 is 0 Å². The van der Waals surface area contributed by atoms with E-state index in [0.717, 1.165) is 25.3 Å². The zero-order valence-corrected chi connectivity index (χ0v) is 12.9. The van der Waals surface area contributed by atoms with Gasteiger partial charge in [-0.1, -0.05) is 13.8 Å². The summed E-state index contributed by atoms with van der Waals surface area (Å²) in [5.74, 6) is 1.44. The monoisotopic (exact) mass is 297 g/mol. The molecule has 0 spiro atoms. The maximum atomic E-state index is 11.9. The van der Waals surface area contributed by atoms with Crippen molar-refractivity contribution in [1.29, 1.82) is 0 Å². The van der Waals surface area contributed by atoms with Crippen molar-refractivity contribution in [3.05, 3.63) is 24.3 Å². The van der Waals surface area contributed by atoms with Crippen molar-refractivity contribution in [2.75, 3.05) is 18.8 Å². The van der Waals surface area contributed by atoms with Crippen LogP contribution in [0.4, 0.5) is 0 Å². The van der Waals surface area contributed by atoms with Gasteiger partial charge in [0.25, 0.3) is 0 Å². The average Bonchev–Trinajstić information content (AvgIpc) is 2.42. The summed E-state index contributed by atoms with van der Waals surface area (Å²) in [6.07, 6.45) is 1.89. The van der Waals surface area contributed by atoms with Gasteiger partial charge in [0.1, 0.15) is 11.9 Å². The Hall–Kier alpha value is -1.07. The molecule has 20 heavy (non-hydrogen) atoms. The van der Waals surface area contributed by atoms with Gasteiger partial charge in [-0.05, 0) is 49.6 Å². The van der Waals surface area contributed by atoms with E-state index in [4.69, 9.17) is 4.74 Å². The van der Waals surface area contributed by atoms with Crippen molar-refractivity contribution in [3.63, 3.8) is 0 Å². The van der Waals surface area contributed by atoms with Gasteiger partial charge in [0.15, 0.2) is 9.84 Å². The van der Waals surface area contributed by atoms with E-state index in [1.165, 1.54) is 0 Å². The van der Waals surface area contributed by atoms with Crippen LogP contribution in [0.2, 0.25) is 0 Å². The Morgan fingerprint density at radius 1 is 1.30 bits per heavy atom. The number of nitrogens with one attached hydrogen (secondary N) is 1. The molecule has 0 radical (unpaired) electrons. The first kappa shape index (κ1) is 15.3. The number of sulfone groups is 1. The van der Waals surface area contributed by atoms with Gasteiger partial charge in [0, 0.05) is 6.54 Å². The lowest BCUT2D eigenvalue weighted by Gasteiger charge is -2.30. The lowest BCUT2D eigenvalue weighted by Crippen LogP contribution is -2.42. The van der Waals surface area contributed by atoms with Gasteiger partial charge in [-0.3, -0.25) is 0 Å². The van der Waals surface area contributed by atoms with E-state index in [1.807, 2.05) is 6.92 Å². The Labute approximate surface area is 121 Å². The molecule has 4 nitrogen and oxygen atoms in total. The quantitative estimate of drug-likeness (QED) is 0.905. The standard InChI is InChI=1S/C15H23NO3S/c1-3-10-20(17,18)14-6-4-13(5-7-14)19-15-11-16-9-8-12(15)2/h4-7,12,15-16H,3,8-11H2,1-2H3. The van der Waals surface area contributed by atoms with E-state index < -0.39 is 9.84 Å². The topological polar surface area (TPSA) is 55.4 Å². The molecule has 1 heterocycles. The molecule has 1 fully saturated rings. The Morgan fingerprint density at radius 3 is 2.60 bits per heavy atom. The molecule has 1 aromatic carbocycles. The summed E-state index contributed by atoms with van der Waals surface area (Å²) in [4.78, 5) is 0.376. The van der Waals surface area contributed by atoms with Gasteiger partial charge < -0.3 is 10.1 Å². The predicted octanol–water partition coefficient (Wildman–Crippen LogP) is 2.25. The minimum Gasteiger partial charge on any atom is -0.489 e. The van der Waals surface area contributed by atoms with Gasteiger partial charge in [0.05, 0.1) is 10.6 Å². The van der Waals surface area contributed by atoms with Crippen LogP contribution in [0.25, 0.3) is 0 Å². The summed E-state index contributed by atoms with van der Waals surface area (Å²) in [7, 11) is -3.14. The minimum atomic E-state index is -3.14. The van der Waals surface area contributed by atoms with Crippen LogP contribution in [0.15, 0.2) is 29.2 Å². The Bertz CT molecular complexity index is 525. The molecule has 1 saturated heterocycles. The van der Waals surface area contributed by atoms with E-state index in [9.17, 15) is 8.42 Å². The molecule has 2 atom stereocenters. The second kappa shape index (κ2) is 6.59. The first-order chi connectivity index (χ1) is 9.53. The maximum absolute atomic E-state index is 11.9. The van der Waals surface area contributed by atoms with Crippen LogP contribution in [0, 0.1) is 5.92 Å². The highest BCUT2D eigenvalue weighted by Gasteiger charge is 2.22. The largest absolute Gasteiger partial charge is 0.489 e. The normalized spacial score (nSPS) is 23.5. The molecule has 1 aliphatic rings. The van der Waals surface area contributed by atoms with Crippen LogP contribution in [0.3, 0.4) is 0 Å². The maximum Gasteiger partial charge on any atom is 0.178 e. The molecule has 2 unspecified atom stereocenters. The zero-order valence-electron chi connectivity index (χ0n) is 12.1. The Balaban J connectivity index is 2.05. The number of piperidine rings is 1. The summed E-state index contributed by atoms with van der Waals surface area (Å²) in [5.41, 5.74) is 0. The number of hydrogen-bond donors (Lipinski definition) is 1.